The minimum atomic E-state index is -1.09. The van der Waals surface area contributed by atoms with Crippen molar-refractivity contribution >= 4 is 11.7 Å². The number of hydrogen-bond donors (Lipinski definition) is 1. The van der Waals surface area contributed by atoms with Gasteiger partial charge in [-0.2, -0.15) is 4.79 Å². The zero-order valence-corrected chi connectivity index (χ0v) is 10.3. The summed E-state index contributed by atoms with van der Waals surface area (Å²) in [6, 6.07) is 5.82. The molecule has 0 saturated heterocycles. The van der Waals surface area contributed by atoms with Crippen LogP contribution in [-0.4, -0.2) is 39.8 Å². The van der Waals surface area contributed by atoms with Crippen LogP contribution >= 0.6 is 0 Å². The van der Waals surface area contributed by atoms with Crippen molar-refractivity contribution in [3.8, 4) is 5.75 Å². The van der Waals surface area contributed by atoms with Crippen LogP contribution in [0.3, 0.4) is 0 Å². The summed E-state index contributed by atoms with van der Waals surface area (Å²) in [6.07, 6.45) is 2.28. The van der Waals surface area contributed by atoms with Gasteiger partial charge in [-0.25, -0.2) is 4.79 Å². The zero-order chi connectivity index (χ0) is 13.4. The van der Waals surface area contributed by atoms with Gasteiger partial charge in [0.2, 0.25) is 0 Å². The Morgan fingerprint density at radius 1 is 1.47 bits per heavy atom. The lowest BCUT2D eigenvalue weighted by Gasteiger charge is -2.18. The van der Waals surface area contributed by atoms with E-state index in [-0.39, 0.29) is 5.69 Å². The van der Waals surface area contributed by atoms with E-state index < -0.39 is 5.97 Å². The van der Waals surface area contributed by atoms with Crippen molar-refractivity contribution in [1.82, 2.24) is 15.1 Å². The minimum Gasteiger partial charge on any atom is -0.497 e. The van der Waals surface area contributed by atoms with Crippen LogP contribution in [0.1, 0.15) is 16.1 Å². The molecule has 0 amide bonds. The SMILES string of the molecule is COc1ccc2c(c1)N(n1cc(C(=O)O)nn1)CC2. The first-order valence-corrected chi connectivity index (χ1v) is 5.79. The number of carboxylic acid groups (broad SMARTS) is 1. The summed E-state index contributed by atoms with van der Waals surface area (Å²) in [4.78, 5) is 12.3. The van der Waals surface area contributed by atoms with Gasteiger partial charge in [-0.1, -0.05) is 6.07 Å². The van der Waals surface area contributed by atoms with Gasteiger partial charge < -0.3 is 9.84 Å². The molecule has 19 heavy (non-hydrogen) atoms. The smallest absolute Gasteiger partial charge is 0.358 e. The van der Waals surface area contributed by atoms with E-state index >= 15 is 0 Å². The molecule has 7 nitrogen and oxygen atoms in total. The second-order valence-corrected chi connectivity index (χ2v) is 4.20. The standard InChI is InChI=1S/C12H12N4O3/c1-19-9-3-2-8-4-5-15(11(8)6-9)16-7-10(12(17)18)13-14-16/h2-3,6-7H,4-5H2,1H3,(H,17,18). The molecule has 1 aliphatic rings. The van der Waals surface area contributed by atoms with E-state index in [1.165, 1.54) is 16.6 Å². The second kappa shape index (κ2) is 4.27. The Kier molecular flexibility index (Phi) is 2.59. The van der Waals surface area contributed by atoms with Gasteiger partial charge in [-0.3, -0.25) is 5.01 Å². The molecule has 0 bridgehead atoms. The summed E-state index contributed by atoms with van der Waals surface area (Å²) in [6.45, 7) is 0.727. The Balaban J connectivity index is 1.98. The number of carbonyl (C=O) groups is 1. The number of aromatic nitrogens is 3. The van der Waals surface area contributed by atoms with E-state index in [1.807, 2.05) is 23.2 Å². The van der Waals surface area contributed by atoms with Crippen LogP contribution in [0.15, 0.2) is 24.4 Å². The third-order valence-corrected chi connectivity index (χ3v) is 3.11. The van der Waals surface area contributed by atoms with Crippen LogP contribution < -0.4 is 9.75 Å². The van der Waals surface area contributed by atoms with Crippen LogP contribution in [0.25, 0.3) is 0 Å². The molecule has 1 aromatic heterocycles. The maximum absolute atomic E-state index is 10.8. The highest BCUT2D eigenvalue weighted by Crippen LogP contribution is 2.31. The number of hydrogen-bond acceptors (Lipinski definition) is 5. The number of nitrogens with zero attached hydrogens (tertiary/aromatic N) is 4. The van der Waals surface area contributed by atoms with E-state index in [9.17, 15) is 4.79 Å². The molecular formula is C12H12N4O3. The van der Waals surface area contributed by atoms with Gasteiger partial charge in [0.25, 0.3) is 0 Å². The highest BCUT2D eigenvalue weighted by atomic mass is 16.5. The van der Waals surface area contributed by atoms with Crippen LogP contribution in [0, 0.1) is 0 Å². The molecule has 0 fully saturated rings. The van der Waals surface area contributed by atoms with Crippen LogP contribution in [0.2, 0.25) is 0 Å². The molecule has 1 aromatic carbocycles. The van der Waals surface area contributed by atoms with Crippen LogP contribution in [0.4, 0.5) is 5.69 Å². The Labute approximate surface area is 109 Å². The summed E-state index contributed by atoms with van der Waals surface area (Å²) in [5.74, 6) is -0.333. The number of fused-ring (bicyclic) bond motifs is 1. The number of methoxy groups -OCH3 is 1. The molecule has 0 unspecified atom stereocenters. The van der Waals surface area contributed by atoms with Crippen molar-refractivity contribution in [3.63, 3.8) is 0 Å². The Hall–Kier alpha value is -2.57. The lowest BCUT2D eigenvalue weighted by molar-refractivity contribution is 0.0690. The molecule has 1 N–H and O–H groups in total. The molecule has 0 aliphatic carbocycles. The first-order chi connectivity index (χ1) is 9.19. The molecule has 0 spiro atoms. The second-order valence-electron chi connectivity index (χ2n) is 4.20. The van der Waals surface area contributed by atoms with Crippen molar-refractivity contribution in [3.05, 3.63) is 35.7 Å². The van der Waals surface area contributed by atoms with Crippen molar-refractivity contribution in [2.24, 2.45) is 0 Å². The van der Waals surface area contributed by atoms with Gasteiger partial charge in [-0.05, 0) is 23.3 Å². The average Bonchev–Trinajstić information content (AvgIpc) is 3.03. The van der Waals surface area contributed by atoms with Crippen molar-refractivity contribution < 1.29 is 14.6 Å². The van der Waals surface area contributed by atoms with Gasteiger partial charge >= 0.3 is 5.97 Å². The first-order valence-electron chi connectivity index (χ1n) is 5.79. The van der Waals surface area contributed by atoms with Crippen molar-refractivity contribution in [2.45, 2.75) is 6.42 Å². The molecule has 7 heteroatoms. The lowest BCUT2D eigenvalue weighted by atomic mass is 10.1. The van der Waals surface area contributed by atoms with E-state index in [4.69, 9.17) is 9.84 Å². The maximum Gasteiger partial charge on any atom is 0.358 e. The molecule has 0 atom stereocenters. The summed E-state index contributed by atoms with van der Waals surface area (Å²) in [5, 5.41) is 18.2. The third-order valence-electron chi connectivity index (χ3n) is 3.11. The van der Waals surface area contributed by atoms with E-state index in [0.717, 1.165) is 24.4 Å². The Morgan fingerprint density at radius 3 is 3.00 bits per heavy atom. The number of carboxylic acids is 1. The van der Waals surface area contributed by atoms with Gasteiger partial charge in [0.05, 0.1) is 19.0 Å². The fourth-order valence-electron chi connectivity index (χ4n) is 2.15. The zero-order valence-electron chi connectivity index (χ0n) is 10.3. The molecular weight excluding hydrogens is 248 g/mol. The summed E-state index contributed by atoms with van der Waals surface area (Å²) < 4.78 is 5.20. The van der Waals surface area contributed by atoms with Gasteiger partial charge in [-0.15, -0.1) is 5.10 Å². The summed E-state index contributed by atoms with van der Waals surface area (Å²) in [7, 11) is 1.61. The largest absolute Gasteiger partial charge is 0.497 e. The number of benzene rings is 1. The number of ether oxygens (including phenoxy) is 1. The normalized spacial score (nSPS) is 13.4. The van der Waals surface area contributed by atoms with E-state index in [2.05, 4.69) is 10.3 Å². The van der Waals surface area contributed by atoms with E-state index in [1.54, 1.807) is 7.11 Å². The minimum absolute atomic E-state index is 0.0728. The van der Waals surface area contributed by atoms with Crippen molar-refractivity contribution in [2.75, 3.05) is 18.7 Å². The summed E-state index contributed by atoms with van der Waals surface area (Å²) >= 11 is 0. The van der Waals surface area contributed by atoms with Crippen LogP contribution in [-0.2, 0) is 6.42 Å². The first kappa shape index (κ1) is 11.5. The predicted octanol–water partition coefficient (Wildman–Crippen LogP) is 0.811. The van der Waals surface area contributed by atoms with Crippen LogP contribution in [0.5, 0.6) is 5.75 Å². The number of aromatic carboxylic acids is 1. The fourth-order valence-corrected chi connectivity index (χ4v) is 2.15. The van der Waals surface area contributed by atoms with E-state index in [0.29, 0.717) is 0 Å². The molecule has 3 rings (SSSR count). The molecule has 1 aliphatic heterocycles. The molecule has 0 radical (unpaired) electrons. The van der Waals surface area contributed by atoms with Gasteiger partial charge in [0.1, 0.15) is 5.75 Å². The molecule has 0 saturated carbocycles. The van der Waals surface area contributed by atoms with Gasteiger partial charge in [0.15, 0.2) is 5.69 Å². The number of rotatable bonds is 3. The van der Waals surface area contributed by atoms with Gasteiger partial charge in [0, 0.05) is 12.6 Å². The predicted molar refractivity (Wildman–Crippen MR) is 66.4 cm³/mol. The summed E-state index contributed by atoms with van der Waals surface area (Å²) in [5.41, 5.74) is 2.06. The molecule has 2 heterocycles. The monoisotopic (exact) mass is 260 g/mol. The Morgan fingerprint density at radius 2 is 2.32 bits per heavy atom. The molecule has 2 aromatic rings. The quantitative estimate of drug-likeness (QED) is 0.879. The van der Waals surface area contributed by atoms with Crippen molar-refractivity contribution in [1.29, 1.82) is 0 Å². The fraction of sp³-hybridized carbons (Fsp3) is 0.250. The Bertz CT molecular complexity index is 638. The third kappa shape index (κ3) is 1.88. The average molecular weight is 260 g/mol. The topological polar surface area (TPSA) is 80.5 Å². The molecule has 98 valence electrons. The lowest BCUT2D eigenvalue weighted by Crippen LogP contribution is -2.28. The maximum atomic E-state index is 10.8. The highest BCUT2D eigenvalue weighted by Gasteiger charge is 2.23. The highest BCUT2D eigenvalue weighted by molar-refractivity contribution is 5.84. The number of anilines is 1.